The molecule has 2 aromatic heterocycles. The zero-order chi connectivity index (χ0) is 20.5. The van der Waals surface area contributed by atoms with Crippen LogP contribution in [-0.4, -0.2) is 31.8 Å². The molecule has 2 amide bonds. The van der Waals surface area contributed by atoms with Crippen molar-refractivity contribution in [2.75, 3.05) is 4.90 Å². The maximum Gasteiger partial charge on any atom is 0.279 e. The van der Waals surface area contributed by atoms with Crippen molar-refractivity contribution in [3.63, 3.8) is 0 Å². The Balaban J connectivity index is 1.80. The molecule has 4 N–H and O–H groups in total. The normalized spacial score (nSPS) is 11.0. The summed E-state index contributed by atoms with van der Waals surface area (Å²) in [7, 11) is 0. The van der Waals surface area contributed by atoms with Crippen LogP contribution in [0.4, 0.5) is 5.95 Å². The number of rotatable bonds is 5. The first-order valence-corrected chi connectivity index (χ1v) is 9.10. The lowest BCUT2D eigenvalue weighted by Crippen LogP contribution is -2.33. The van der Waals surface area contributed by atoms with E-state index in [9.17, 15) is 9.59 Å². The van der Waals surface area contributed by atoms with Gasteiger partial charge in [0.25, 0.3) is 11.8 Å². The van der Waals surface area contributed by atoms with E-state index in [4.69, 9.17) is 5.73 Å². The summed E-state index contributed by atoms with van der Waals surface area (Å²) < 4.78 is 0. The van der Waals surface area contributed by atoms with Gasteiger partial charge in [0.15, 0.2) is 5.69 Å². The van der Waals surface area contributed by atoms with E-state index in [0.29, 0.717) is 5.95 Å². The molecule has 0 unspecified atom stereocenters. The van der Waals surface area contributed by atoms with Crippen LogP contribution in [0.3, 0.4) is 0 Å². The Kier molecular flexibility index (Phi) is 4.59. The number of amides is 2. The summed E-state index contributed by atoms with van der Waals surface area (Å²) in [5.74, 6) is -0.845. The predicted molar refractivity (Wildman–Crippen MR) is 110 cm³/mol. The largest absolute Gasteiger partial charge is 0.364 e. The van der Waals surface area contributed by atoms with Crippen LogP contribution >= 0.6 is 0 Å². The van der Waals surface area contributed by atoms with Gasteiger partial charge in [0.1, 0.15) is 5.69 Å². The quantitative estimate of drug-likeness (QED) is 0.487. The molecule has 4 aromatic rings. The zero-order valence-corrected chi connectivity index (χ0v) is 16.1. The summed E-state index contributed by atoms with van der Waals surface area (Å²) in [5.41, 5.74) is 10.0. The number of carbonyl (C=O) groups is 2. The van der Waals surface area contributed by atoms with Gasteiger partial charge in [0.2, 0.25) is 5.95 Å². The van der Waals surface area contributed by atoms with E-state index in [1.54, 1.807) is 0 Å². The van der Waals surface area contributed by atoms with Gasteiger partial charge in [-0.2, -0.15) is 0 Å². The minimum atomic E-state index is -0.773. The summed E-state index contributed by atoms with van der Waals surface area (Å²) in [6, 6.07) is 13.5. The van der Waals surface area contributed by atoms with Crippen LogP contribution in [0.2, 0.25) is 0 Å². The molecule has 0 atom stereocenters. The van der Waals surface area contributed by atoms with Crippen molar-refractivity contribution in [3.8, 4) is 0 Å². The number of aromatic nitrogens is 4. The molecule has 0 spiro atoms. The Bertz CT molecular complexity index is 1190. The van der Waals surface area contributed by atoms with Crippen LogP contribution in [0.25, 0.3) is 11.0 Å². The number of nitrogens with one attached hydrogen (secondary N) is 2. The molecule has 146 valence electrons. The van der Waals surface area contributed by atoms with Crippen LogP contribution in [0.5, 0.6) is 0 Å². The number of carbonyl (C=O) groups excluding carboxylic acids is 2. The van der Waals surface area contributed by atoms with E-state index < -0.39 is 11.8 Å². The summed E-state index contributed by atoms with van der Waals surface area (Å²) in [4.78, 5) is 40.9. The van der Waals surface area contributed by atoms with E-state index in [1.807, 2.05) is 50.2 Å². The van der Waals surface area contributed by atoms with E-state index in [0.717, 1.165) is 27.7 Å². The molecular weight excluding hydrogens is 368 g/mol. The van der Waals surface area contributed by atoms with Crippen LogP contribution in [-0.2, 0) is 6.54 Å². The summed E-state index contributed by atoms with van der Waals surface area (Å²) >= 11 is 0. The van der Waals surface area contributed by atoms with Gasteiger partial charge in [-0.1, -0.05) is 35.9 Å². The number of hydrogen-bond acceptors (Lipinski definition) is 4. The molecule has 0 aliphatic heterocycles. The van der Waals surface area contributed by atoms with Gasteiger partial charge in [-0.05, 0) is 37.1 Å². The maximum atomic E-state index is 13.4. The Hall–Kier alpha value is -3.94. The highest BCUT2D eigenvalue weighted by molar-refractivity contribution is 6.10. The van der Waals surface area contributed by atoms with Crippen LogP contribution in [0.1, 0.15) is 37.7 Å². The minimum Gasteiger partial charge on any atom is -0.364 e. The predicted octanol–water partition coefficient (Wildman–Crippen LogP) is 2.85. The number of aromatic amines is 2. The lowest BCUT2D eigenvalue weighted by molar-refractivity contribution is 0.0953. The third-order valence-electron chi connectivity index (χ3n) is 4.79. The van der Waals surface area contributed by atoms with Gasteiger partial charge in [-0.15, -0.1) is 0 Å². The standard InChI is InChI=1S/C21H20N6O2/c1-12-7-8-14(13(2)9-12)10-27(20(29)18-17(19(22)28)23-11-24-18)21-25-15-5-3-4-6-16(15)26-21/h3-9,11H,10H2,1-2H3,(H2,22,28)(H,23,24)(H,25,26). The number of imidazole rings is 2. The molecule has 4 rings (SSSR count). The SMILES string of the molecule is Cc1ccc(CN(C(=O)c2[nH]cnc2C(N)=O)c2nc3ccccc3[nH]2)c(C)c1. The molecule has 2 heterocycles. The van der Waals surface area contributed by atoms with Crippen molar-refractivity contribution >= 4 is 28.8 Å². The van der Waals surface area contributed by atoms with Crippen molar-refractivity contribution in [2.24, 2.45) is 5.73 Å². The van der Waals surface area contributed by atoms with Crippen molar-refractivity contribution in [2.45, 2.75) is 20.4 Å². The number of hydrogen-bond donors (Lipinski definition) is 3. The molecule has 0 bridgehead atoms. The number of fused-ring (bicyclic) bond motifs is 1. The molecule has 0 fully saturated rings. The van der Waals surface area contributed by atoms with E-state index >= 15 is 0 Å². The fourth-order valence-corrected chi connectivity index (χ4v) is 3.28. The van der Waals surface area contributed by atoms with Gasteiger partial charge >= 0.3 is 0 Å². The fraction of sp³-hybridized carbons (Fsp3) is 0.143. The van der Waals surface area contributed by atoms with E-state index in [1.165, 1.54) is 11.2 Å². The molecule has 0 aliphatic carbocycles. The number of nitrogens with zero attached hydrogens (tertiary/aromatic N) is 3. The summed E-state index contributed by atoms with van der Waals surface area (Å²) in [6.45, 7) is 4.28. The lowest BCUT2D eigenvalue weighted by Gasteiger charge is -2.21. The number of aryl methyl sites for hydroxylation is 2. The Labute approximate surface area is 166 Å². The average Bonchev–Trinajstić information content (AvgIpc) is 3.34. The van der Waals surface area contributed by atoms with Crippen LogP contribution in [0.15, 0.2) is 48.8 Å². The number of benzene rings is 2. The van der Waals surface area contributed by atoms with E-state index in [-0.39, 0.29) is 17.9 Å². The van der Waals surface area contributed by atoms with Crippen molar-refractivity contribution in [3.05, 3.63) is 76.9 Å². The maximum absolute atomic E-state index is 13.4. The molecular formula is C21H20N6O2. The molecule has 0 aliphatic rings. The third kappa shape index (κ3) is 3.47. The van der Waals surface area contributed by atoms with Gasteiger partial charge in [0.05, 0.1) is 23.9 Å². The molecule has 8 nitrogen and oxygen atoms in total. The number of anilines is 1. The second kappa shape index (κ2) is 7.23. The molecule has 0 saturated heterocycles. The number of H-pyrrole nitrogens is 2. The fourth-order valence-electron chi connectivity index (χ4n) is 3.28. The topological polar surface area (TPSA) is 121 Å². The van der Waals surface area contributed by atoms with E-state index in [2.05, 4.69) is 26.0 Å². The molecule has 0 radical (unpaired) electrons. The number of para-hydroxylation sites is 2. The summed E-state index contributed by atoms with van der Waals surface area (Å²) in [6.07, 6.45) is 1.28. The molecule has 8 heteroatoms. The highest BCUT2D eigenvalue weighted by Gasteiger charge is 2.27. The molecule has 0 saturated carbocycles. The van der Waals surface area contributed by atoms with Gasteiger partial charge < -0.3 is 15.7 Å². The van der Waals surface area contributed by atoms with Crippen molar-refractivity contribution in [1.29, 1.82) is 0 Å². The Morgan fingerprint density at radius 3 is 2.66 bits per heavy atom. The third-order valence-corrected chi connectivity index (χ3v) is 4.79. The zero-order valence-electron chi connectivity index (χ0n) is 16.1. The molecule has 29 heavy (non-hydrogen) atoms. The highest BCUT2D eigenvalue weighted by atomic mass is 16.2. The Morgan fingerprint density at radius 1 is 1.14 bits per heavy atom. The van der Waals surface area contributed by atoms with Crippen LogP contribution in [0, 0.1) is 13.8 Å². The number of primary amides is 1. The first-order valence-electron chi connectivity index (χ1n) is 9.10. The second-order valence-electron chi connectivity index (χ2n) is 6.89. The van der Waals surface area contributed by atoms with Crippen molar-refractivity contribution < 1.29 is 9.59 Å². The van der Waals surface area contributed by atoms with Gasteiger partial charge in [0, 0.05) is 0 Å². The van der Waals surface area contributed by atoms with Crippen LogP contribution < -0.4 is 10.6 Å². The summed E-state index contributed by atoms with van der Waals surface area (Å²) in [5, 5.41) is 0. The monoisotopic (exact) mass is 388 g/mol. The highest BCUT2D eigenvalue weighted by Crippen LogP contribution is 2.23. The average molecular weight is 388 g/mol. The van der Waals surface area contributed by atoms with Gasteiger partial charge in [-0.25, -0.2) is 9.97 Å². The minimum absolute atomic E-state index is 0.0303. The first-order chi connectivity index (χ1) is 13.9. The first kappa shape index (κ1) is 18.4. The lowest BCUT2D eigenvalue weighted by atomic mass is 10.1. The Morgan fingerprint density at radius 2 is 1.93 bits per heavy atom. The smallest absolute Gasteiger partial charge is 0.279 e. The second-order valence-corrected chi connectivity index (χ2v) is 6.89. The van der Waals surface area contributed by atoms with Gasteiger partial charge in [-0.3, -0.25) is 14.5 Å². The molecule has 2 aromatic carbocycles. The van der Waals surface area contributed by atoms with Crippen molar-refractivity contribution in [1.82, 2.24) is 19.9 Å². The number of nitrogens with two attached hydrogens (primary N) is 1.